The van der Waals surface area contributed by atoms with E-state index in [0.717, 1.165) is 25.1 Å². The Kier molecular flexibility index (Phi) is 2.88. The van der Waals surface area contributed by atoms with Gasteiger partial charge in [-0.05, 0) is 26.7 Å². The van der Waals surface area contributed by atoms with Crippen LogP contribution in [0.1, 0.15) is 43.3 Å². The van der Waals surface area contributed by atoms with E-state index in [1.807, 2.05) is 0 Å². The minimum absolute atomic E-state index is 0.0341. The Morgan fingerprint density at radius 3 is 2.71 bits per heavy atom. The van der Waals surface area contributed by atoms with Gasteiger partial charge in [0.05, 0.1) is 0 Å². The number of hydrogen-bond donors (Lipinski definition) is 0. The number of aromatic nitrogens is 1. The van der Waals surface area contributed by atoms with Gasteiger partial charge in [-0.2, -0.15) is 0 Å². The van der Waals surface area contributed by atoms with Gasteiger partial charge in [-0.1, -0.05) is 12.8 Å². The Balaban J connectivity index is 2.26. The smallest absolute Gasteiger partial charge is 0.125 e. The number of hydrogen-bond acceptors (Lipinski definition) is 3. The van der Waals surface area contributed by atoms with Crippen LogP contribution in [0.5, 0.6) is 0 Å². The van der Waals surface area contributed by atoms with Crippen LogP contribution in [0.15, 0.2) is 5.38 Å². The molecule has 0 aliphatic heterocycles. The predicted molar refractivity (Wildman–Crippen MR) is 58.6 cm³/mol. The van der Waals surface area contributed by atoms with Crippen LogP contribution in [0.4, 0.5) is 0 Å². The average Bonchev–Trinajstić information content (AvgIpc) is 2.75. The highest BCUT2D eigenvalue weighted by Gasteiger charge is 2.38. The molecule has 3 heteroatoms. The van der Waals surface area contributed by atoms with E-state index in [9.17, 15) is 0 Å². The molecule has 1 aromatic heterocycles. The molecule has 0 bridgehead atoms. The molecule has 1 aromatic rings. The molecule has 1 heterocycles. The lowest BCUT2D eigenvalue weighted by atomic mass is 10.0. The first kappa shape index (κ1) is 10.1. The number of nitrogens with zero attached hydrogens (tertiary/aromatic N) is 1. The molecule has 0 radical (unpaired) electrons. The van der Waals surface area contributed by atoms with Crippen LogP contribution in [-0.2, 0) is 10.3 Å². The molecule has 2 nitrogen and oxygen atoms in total. The van der Waals surface area contributed by atoms with E-state index in [-0.39, 0.29) is 5.60 Å². The van der Waals surface area contributed by atoms with Crippen molar-refractivity contribution in [3.05, 3.63) is 16.1 Å². The highest BCUT2D eigenvalue weighted by atomic mass is 32.1. The molecular formula is C11H17NOS. The normalized spacial score (nSPS) is 20.1. The van der Waals surface area contributed by atoms with E-state index in [4.69, 9.17) is 4.74 Å². The van der Waals surface area contributed by atoms with Crippen molar-refractivity contribution in [3.63, 3.8) is 0 Å². The summed E-state index contributed by atoms with van der Waals surface area (Å²) in [5.41, 5.74) is 1.09. The zero-order chi connectivity index (χ0) is 10.0. The lowest BCUT2D eigenvalue weighted by Crippen LogP contribution is -2.25. The van der Waals surface area contributed by atoms with Gasteiger partial charge < -0.3 is 4.74 Å². The number of thiazole rings is 1. The van der Waals surface area contributed by atoms with Crippen molar-refractivity contribution in [1.82, 2.24) is 4.98 Å². The molecule has 1 aliphatic rings. The predicted octanol–water partition coefficient (Wildman–Crippen LogP) is 3.26. The Bertz CT molecular complexity index is 302. The van der Waals surface area contributed by atoms with Crippen molar-refractivity contribution in [2.24, 2.45) is 0 Å². The third-order valence-corrected chi connectivity index (χ3v) is 3.99. The lowest BCUT2D eigenvalue weighted by molar-refractivity contribution is -0.0391. The second-order valence-corrected chi connectivity index (χ2v) is 4.79. The van der Waals surface area contributed by atoms with Crippen LogP contribution >= 0.6 is 11.3 Å². The summed E-state index contributed by atoms with van der Waals surface area (Å²) in [7, 11) is 0. The summed E-state index contributed by atoms with van der Waals surface area (Å²) in [5, 5.41) is 3.31. The lowest BCUT2D eigenvalue weighted by Gasteiger charge is -2.26. The maximum Gasteiger partial charge on any atom is 0.125 e. The summed E-state index contributed by atoms with van der Waals surface area (Å²) in [5.74, 6) is 0. The highest BCUT2D eigenvalue weighted by molar-refractivity contribution is 7.09. The quantitative estimate of drug-likeness (QED) is 0.765. The van der Waals surface area contributed by atoms with Gasteiger partial charge in [0.25, 0.3) is 0 Å². The monoisotopic (exact) mass is 211 g/mol. The topological polar surface area (TPSA) is 22.1 Å². The van der Waals surface area contributed by atoms with Crippen LogP contribution in [0, 0.1) is 6.92 Å². The molecule has 0 atom stereocenters. The Morgan fingerprint density at radius 2 is 2.21 bits per heavy atom. The van der Waals surface area contributed by atoms with E-state index in [1.165, 1.54) is 17.8 Å². The summed E-state index contributed by atoms with van der Waals surface area (Å²) < 4.78 is 5.94. The molecule has 2 rings (SSSR count). The minimum atomic E-state index is -0.0341. The van der Waals surface area contributed by atoms with E-state index < -0.39 is 0 Å². The van der Waals surface area contributed by atoms with Crippen molar-refractivity contribution in [3.8, 4) is 0 Å². The average molecular weight is 211 g/mol. The zero-order valence-electron chi connectivity index (χ0n) is 8.88. The first-order chi connectivity index (χ1) is 6.77. The standard InChI is InChI=1S/C11H17NOS/c1-3-13-11(6-4-5-7-11)10-12-9(2)8-14-10/h8H,3-7H2,1-2H3. The third-order valence-electron chi connectivity index (χ3n) is 2.84. The molecule has 0 N–H and O–H groups in total. The molecule has 1 aliphatic carbocycles. The summed E-state index contributed by atoms with van der Waals surface area (Å²) in [4.78, 5) is 4.58. The molecule has 78 valence electrons. The second-order valence-electron chi connectivity index (χ2n) is 3.93. The van der Waals surface area contributed by atoms with Crippen LogP contribution in [0.2, 0.25) is 0 Å². The Labute approximate surface area is 89.3 Å². The van der Waals surface area contributed by atoms with Crippen molar-refractivity contribution < 1.29 is 4.74 Å². The summed E-state index contributed by atoms with van der Waals surface area (Å²) in [6.45, 7) is 4.91. The van der Waals surface area contributed by atoms with E-state index >= 15 is 0 Å². The van der Waals surface area contributed by atoms with Crippen molar-refractivity contribution in [2.45, 2.75) is 45.1 Å². The van der Waals surface area contributed by atoms with Gasteiger partial charge in [0.2, 0.25) is 0 Å². The van der Waals surface area contributed by atoms with Crippen LogP contribution in [0.25, 0.3) is 0 Å². The molecule has 14 heavy (non-hydrogen) atoms. The SMILES string of the molecule is CCOC1(c2nc(C)cs2)CCCC1. The van der Waals surface area contributed by atoms with Gasteiger partial charge in [-0.3, -0.25) is 0 Å². The Hall–Kier alpha value is -0.410. The minimum Gasteiger partial charge on any atom is -0.368 e. The third kappa shape index (κ3) is 1.71. The maximum absolute atomic E-state index is 5.94. The van der Waals surface area contributed by atoms with Crippen molar-refractivity contribution in [2.75, 3.05) is 6.61 Å². The van der Waals surface area contributed by atoms with Gasteiger partial charge >= 0.3 is 0 Å². The molecule has 1 fully saturated rings. The second kappa shape index (κ2) is 3.99. The largest absolute Gasteiger partial charge is 0.368 e. The van der Waals surface area contributed by atoms with E-state index in [1.54, 1.807) is 11.3 Å². The van der Waals surface area contributed by atoms with Gasteiger partial charge in [-0.25, -0.2) is 4.98 Å². The van der Waals surface area contributed by atoms with Crippen LogP contribution in [0.3, 0.4) is 0 Å². The molecule has 1 saturated carbocycles. The molecule has 0 amide bonds. The fourth-order valence-corrected chi connectivity index (χ4v) is 3.22. The fraction of sp³-hybridized carbons (Fsp3) is 0.727. The summed E-state index contributed by atoms with van der Waals surface area (Å²) in [6, 6.07) is 0. The summed E-state index contributed by atoms with van der Waals surface area (Å²) >= 11 is 1.75. The Morgan fingerprint density at radius 1 is 1.50 bits per heavy atom. The van der Waals surface area contributed by atoms with Crippen LogP contribution < -0.4 is 0 Å². The molecule has 0 spiro atoms. The fourth-order valence-electron chi connectivity index (χ4n) is 2.21. The number of ether oxygens (including phenoxy) is 1. The molecule has 0 saturated heterocycles. The van der Waals surface area contributed by atoms with E-state index in [2.05, 4.69) is 24.2 Å². The highest BCUT2D eigenvalue weighted by Crippen LogP contribution is 2.43. The van der Waals surface area contributed by atoms with Gasteiger partial charge in [0.1, 0.15) is 10.6 Å². The van der Waals surface area contributed by atoms with Crippen molar-refractivity contribution >= 4 is 11.3 Å². The van der Waals surface area contributed by atoms with Gasteiger partial charge in [-0.15, -0.1) is 11.3 Å². The number of aryl methyl sites for hydroxylation is 1. The van der Waals surface area contributed by atoms with Gasteiger partial charge in [0, 0.05) is 17.7 Å². The molecule has 0 aromatic carbocycles. The van der Waals surface area contributed by atoms with E-state index in [0.29, 0.717) is 0 Å². The van der Waals surface area contributed by atoms with Crippen molar-refractivity contribution in [1.29, 1.82) is 0 Å². The zero-order valence-corrected chi connectivity index (χ0v) is 9.69. The molecule has 0 unspecified atom stereocenters. The maximum atomic E-state index is 5.94. The van der Waals surface area contributed by atoms with Crippen LogP contribution in [-0.4, -0.2) is 11.6 Å². The first-order valence-electron chi connectivity index (χ1n) is 5.33. The first-order valence-corrected chi connectivity index (χ1v) is 6.21. The molecular weight excluding hydrogens is 194 g/mol. The van der Waals surface area contributed by atoms with Gasteiger partial charge in [0.15, 0.2) is 0 Å². The number of rotatable bonds is 3. The summed E-state index contributed by atoms with van der Waals surface area (Å²) in [6.07, 6.45) is 4.85.